The van der Waals surface area contributed by atoms with Crippen molar-refractivity contribution in [1.29, 1.82) is 0 Å². The molecule has 0 atom stereocenters. The molecule has 0 unspecified atom stereocenters. The summed E-state index contributed by atoms with van der Waals surface area (Å²) in [5, 5.41) is 3.08. The molecule has 4 heteroatoms. The molecule has 0 saturated heterocycles. The highest BCUT2D eigenvalue weighted by Gasteiger charge is 2.20. The maximum absolute atomic E-state index is 6.56. The Balaban J connectivity index is 1.08. The lowest BCUT2D eigenvalue weighted by Gasteiger charge is -2.12. The van der Waals surface area contributed by atoms with Crippen LogP contribution in [-0.4, -0.2) is 15.0 Å². The molecule has 7 aromatic carbocycles. The van der Waals surface area contributed by atoms with Gasteiger partial charge in [0.25, 0.3) is 0 Å². The molecule has 0 aliphatic carbocycles. The predicted molar refractivity (Wildman–Crippen MR) is 217 cm³/mol. The molecule has 0 bridgehead atoms. The Labute approximate surface area is 306 Å². The van der Waals surface area contributed by atoms with Crippen molar-refractivity contribution < 1.29 is 4.42 Å². The summed E-state index contributed by atoms with van der Waals surface area (Å²) in [6, 6.07) is 64.8. The second-order valence-corrected chi connectivity index (χ2v) is 13.2. The number of hydrogen-bond acceptors (Lipinski definition) is 4. The Bertz CT molecular complexity index is 2900. The molecule has 3 aromatic heterocycles. The minimum absolute atomic E-state index is 0.673. The summed E-state index contributed by atoms with van der Waals surface area (Å²) in [5.74, 6) is 0.673. The second-order valence-electron chi connectivity index (χ2n) is 13.2. The van der Waals surface area contributed by atoms with Crippen molar-refractivity contribution in [3.05, 3.63) is 188 Å². The van der Waals surface area contributed by atoms with Gasteiger partial charge in [-0.05, 0) is 34.9 Å². The fourth-order valence-corrected chi connectivity index (χ4v) is 7.27. The topological polar surface area (TPSA) is 51.8 Å². The number of rotatable bonds is 6. The van der Waals surface area contributed by atoms with Crippen molar-refractivity contribution >= 4 is 32.8 Å². The number of benzene rings is 7. The number of aromatic nitrogens is 3. The zero-order valence-electron chi connectivity index (χ0n) is 28.6. The van der Waals surface area contributed by atoms with Crippen molar-refractivity contribution in [3.63, 3.8) is 0 Å². The van der Waals surface area contributed by atoms with E-state index < -0.39 is 0 Å². The molecule has 10 aromatic rings. The van der Waals surface area contributed by atoms with E-state index in [1.807, 2.05) is 42.5 Å². The third-order valence-electron chi connectivity index (χ3n) is 9.92. The van der Waals surface area contributed by atoms with E-state index in [9.17, 15) is 0 Å². The first kappa shape index (κ1) is 30.6. The normalized spacial score (nSPS) is 11.4. The number of pyridine rings is 1. The van der Waals surface area contributed by atoms with Gasteiger partial charge in [-0.3, -0.25) is 0 Å². The van der Waals surface area contributed by atoms with Crippen molar-refractivity contribution in [2.75, 3.05) is 0 Å². The smallest absolute Gasteiger partial charge is 0.160 e. The molecule has 0 spiro atoms. The van der Waals surface area contributed by atoms with E-state index in [4.69, 9.17) is 19.4 Å². The van der Waals surface area contributed by atoms with Crippen LogP contribution >= 0.6 is 0 Å². The average molecular weight is 678 g/mol. The molecule has 248 valence electrons. The molecular formula is C49H31N3O. The van der Waals surface area contributed by atoms with E-state index in [-0.39, 0.29) is 0 Å². The van der Waals surface area contributed by atoms with Crippen LogP contribution in [0.2, 0.25) is 0 Å². The summed E-state index contributed by atoms with van der Waals surface area (Å²) in [4.78, 5) is 15.6. The van der Waals surface area contributed by atoms with Crippen LogP contribution < -0.4 is 0 Å². The van der Waals surface area contributed by atoms with Gasteiger partial charge in [0.2, 0.25) is 0 Å². The van der Waals surface area contributed by atoms with E-state index >= 15 is 0 Å². The fraction of sp³-hybridized carbons (Fsp3) is 0. The summed E-state index contributed by atoms with van der Waals surface area (Å²) in [6.07, 6.45) is 0. The Hall–Kier alpha value is -7.17. The van der Waals surface area contributed by atoms with Crippen LogP contribution in [0.1, 0.15) is 0 Å². The molecule has 0 fully saturated rings. The molecule has 0 N–H and O–H groups in total. The first-order chi connectivity index (χ1) is 26.3. The molecule has 4 nitrogen and oxygen atoms in total. The standard InChI is InChI=1S/C49H31N3O/c1-4-13-32(14-5-1)33-23-27-36(28-24-33)43-31-42(35-15-6-2-7-16-35)50-49(51-43)38-29-25-34(26-30-38)39-20-12-21-41-47(39)52-46(37-17-8-3-9-18-37)45-40-19-10-11-22-44(40)53-48(41)45/h1-31H. The van der Waals surface area contributed by atoms with Crippen LogP contribution in [-0.2, 0) is 0 Å². The van der Waals surface area contributed by atoms with Gasteiger partial charge in [0.05, 0.1) is 28.0 Å². The third kappa shape index (κ3) is 5.54. The highest BCUT2D eigenvalue weighted by molar-refractivity contribution is 6.20. The van der Waals surface area contributed by atoms with Crippen LogP contribution in [0.3, 0.4) is 0 Å². The minimum atomic E-state index is 0.673. The molecule has 0 saturated carbocycles. The minimum Gasteiger partial charge on any atom is -0.455 e. The Morgan fingerprint density at radius 1 is 0.358 bits per heavy atom. The lowest BCUT2D eigenvalue weighted by Crippen LogP contribution is -1.96. The maximum atomic E-state index is 6.56. The highest BCUT2D eigenvalue weighted by atomic mass is 16.3. The molecule has 0 aliphatic rings. The van der Waals surface area contributed by atoms with Crippen LogP contribution in [0.5, 0.6) is 0 Å². The largest absolute Gasteiger partial charge is 0.455 e. The molecule has 3 heterocycles. The van der Waals surface area contributed by atoms with Crippen molar-refractivity contribution in [2.45, 2.75) is 0 Å². The summed E-state index contributed by atoms with van der Waals surface area (Å²) in [7, 11) is 0. The Morgan fingerprint density at radius 3 is 1.57 bits per heavy atom. The van der Waals surface area contributed by atoms with Gasteiger partial charge in [-0.2, -0.15) is 0 Å². The Morgan fingerprint density at radius 2 is 0.868 bits per heavy atom. The Kier molecular flexibility index (Phi) is 7.43. The second kappa shape index (κ2) is 12.9. The quantitative estimate of drug-likeness (QED) is 0.176. The van der Waals surface area contributed by atoms with E-state index in [0.29, 0.717) is 5.82 Å². The van der Waals surface area contributed by atoms with Gasteiger partial charge >= 0.3 is 0 Å². The van der Waals surface area contributed by atoms with Gasteiger partial charge in [0.15, 0.2) is 5.82 Å². The molecule has 0 amide bonds. The third-order valence-corrected chi connectivity index (χ3v) is 9.92. The average Bonchev–Trinajstić information content (AvgIpc) is 3.64. The monoisotopic (exact) mass is 677 g/mol. The van der Waals surface area contributed by atoms with E-state index in [0.717, 1.165) is 83.3 Å². The van der Waals surface area contributed by atoms with Gasteiger partial charge in [0, 0.05) is 38.6 Å². The van der Waals surface area contributed by atoms with Gasteiger partial charge in [-0.25, -0.2) is 15.0 Å². The highest BCUT2D eigenvalue weighted by Crippen LogP contribution is 2.42. The molecule has 0 radical (unpaired) electrons. The van der Waals surface area contributed by atoms with Gasteiger partial charge in [0.1, 0.15) is 11.2 Å². The SMILES string of the molecule is c1ccc(-c2ccc(-c3cc(-c4ccccc4)nc(-c4ccc(-c5cccc6c5nc(-c5ccccc5)c5c7ccccc7oc65)cc4)n3)cc2)cc1. The number of fused-ring (bicyclic) bond motifs is 5. The maximum Gasteiger partial charge on any atom is 0.160 e. The van der Waals surface area contributed by atoms with E-state index in [1.54, 1.807) is 0 Å². The predicted octanol–water partition coefficient (Wildman–Crippen LogP) is 12.9. The van der Waals surface area contributed by atoms with E-state index in [1.165, 1.54) is 11.1 Å². The molecule has 53 heavy (non-hydrogen) atoms. The molecular weight excluding hydrogens is 647 g/mol. The lowest BCUT2D eigenvalue weighted by molar-refractivity contribution is 0.672. The first-order valence-corrected chi connectivity index (χ1v) is 17.8. The molecule has 10 rings (SSSR count). The number of hydrogen-bond donors (Lipinski definition) is 0. The number of para-hydroxylation sites is 2. The first-order valence-electron chi connectivity index (χ1n) is 17.8. The lowest BCUT2D eigenvalue weighted by atomic mass is 9.97. The zero-order valence-corrected chi connectivity index (χ0v) is 28.6. The molecule has 0 aliphatic heterocycles. The number of furan rings is 1. The van der Waals surface area contributed by atoms with Crippen LogP contribution in [0.4, 0.5) is 0 Å². The fourth-order valence-electron chi connectivity index (χ4n) is 7.27. The van der Waals surface area contributed by atoms with Crippen molar-refractivity contribution in [2.24, 2.45) is 0 Å². The summed E-state index contributed by atoms with van der Waals surface area (Å²) >= 11 is 0. The summed E-state index contributed by atoms with van der Waals surface area (Å²) in [5.41, 5.74) is 13.8. The van der Waals surface area contributed by atoms with Crippen molar-refractivity contribution in [1.82, 2.24) is 15.0 Å². The van der Waals surface area contributed by atoms with Gasteiger partial charge in [-0.15, -0.1) is 0 Å². The summed E-state index contributed by atoms with van der Waals surface area (Å²) in [6.45, 7) is 0. The van der Waals surface area contributed by atoms with Crippen molar-refractivity contribution in [3.8, 4) is 67.4 Å². The van der Waals surface area contributed by atoms with Gasteiger partial charge < -0.3 is 4.42 Å². The van der Waals surface area contributed by atoms with E-state index in [2.05, 4.69) is 146 Å². The summed E-state index contributed by atoms with van der Waals surface area (Å²) < 4.78 is 6.56. The van der Waals surface area contributed by atoms with Crippen LogP contribution in [0, 0.1) is 0 Å². The van der Waals surface area contributed by atoms with Gasteiger partial charge in [-0.1, -0.05) is 170 Å². The number of nitrogens with zero attached hydrogens (tertiary/aromatic N) is 3. The van der Waals surface area contributed by atoms with Crippen LogP contribution in [0.25, 0.3) is 100 Å². The zero-order chi connectivity index (χ0) is 35.1. The van der Waals surface area contributed by atoms with Crippen LogP contribution in [0.15, 0.2) is 192 Å².